The summed E-state index contributed by atoms with van der Waals surface area (Å²) in [6.45, 7) is 15.9. The number of benzene rings is 3. The number of nitrogens with zero attached hydrogens (tertiary/aromatic N) is 13. The van der Waals surface area contributed by atoms with Crippen LogP contribution in [0.1, 0.15) is 151 Å². The first-order valence-corrected chi connectivity index (χ1v) is 38.6. The molecule has 9 aliphatic heterocycles. The topological polar surface area (TPSA) is 289 Å². The van der Waals surface area contributed by atoms with Gasteiger partial charge in [-0.2, -0.15) is 10.2 Å². The molecule has 10 aromatic rings. The number of hydrogen-bond acceptors (Lipinski definition) is 19. The summed E-state index contributed by atoms with van der Waals surface area (Å²) in [7, 11) is 2.04. The molecule has 3 aromatic carbocycles. The van der Waals surface area contributed by atoms with E-state index in [1.807, 2.05) is 117 Å². The van der Waals surface area contributed by atoms with Gasteiger partial charge in [0.05, 0.1) is 110 Å². The molecule has 7 aromatic heterocycles. The largest absolute Gasteiger partial charge is 0.388 e. The molecule has 26 heteroatoms. The first-order valence-electron chi connectivity index (χ1n) is 38.6. The minimum atomic E-state index is -0.686. The number of anilines is 9. The van der Waals surface area contributed by atoms with Gasteiger partial charge in [0, 0.05) is 130 Å². The quantitative estimate of drug-likeness (QED) is 0.0518. The highest BCUT2D eigenvalue weighted by Crippen LogP contribution is 2.43. The van der Waals surface area contributed by atoms with Crippen LogP contribution in [-0.2, 0) is 45.6 Å². The number of rotatable bonds is 13. The highest BCUT2D eigenvalue weighted by molar-refractivity contribution is 6.08. The van der Waals surface area contributed by atoms with E-state index in [-0.39, 0.29) is 29.5 Å². The van der Waals surface area contributed by atoms with Crippen LogP contribution in [-0.4, -0.2) is 157 Å². The number of aromatic nitrogens is 9. The number of carbonyl (C=O) groups excluding carboxylic acids is 3. The van der Waals surface area contributed by atoms with Gasteiger partial charge < -0.3 is 66.8 Å². The molecule has 109 heavy (non-hydrogen) atoms. The molecular weight excluding hydrogens is 1380 g/mol. The average molecular weight is 1470 g/mol. The molecule has 3 amide bonds. The standard InChI is InChI=1S/C29H30FN7O2.2C27H32N6O2/c1-35-16-29(39,17-35)18-3-2-9-36(15-18)20-4-7-25(31-12-20)34-23-6-5-21(22-13-33-28(38)27(22)23)24-14-32-26-11-19(30)8-10-37(24)26;2*1-17-10-11-27(2,35)16-32(17)18-6-9-24(28-13-18)31-22-8-7-19(21-14-29-26(34)25(21)22)20-15-30-33-12-4-3-5-23(20)33/h4-8,10-12,14,18,39H,2-3,9,13,15-17H2,1H3,(H,31,34)(H,33,38);2*6-9,13,15,17,35H,3-5,10-12,14,16H2,1-2H3,(H,28,31)(H,29,34)/t;17-,27+;17-,27-/m.11/s1. The number of hydrogen-bond donors (Lipinski definition) is 9. The van der Waals surface area contributed by atoms with Gasteiger partial charge in [-0.1, -0.05) is 18.2 Å². The maximum absolute atomic E-state index is 13.7. The van der Waals surface area contributed by atoms with Crippen LogP contribution in [0.2, 0.25) is 0 Å². The van der Waals surface area contributed by atoms with Crippen molar-refractivity contribution in [2.45, 2.75) is 166 Å². The van der Waals surface area contributed by atoms with Gasteiger partial charge >= 0.3 is 0 Å². The summed E-state index contributed by atoms with van der Waals surface area (Å²) >= 11 is 0. The molecule has 4 fully saturated rings. The van der Waals surface area contributed by atoms with Crippen molar-refractivity contribution >= 4 is 74.9 Å². The van der Waals surface area contributed by atoms with E-state index >= 15 is 0 Å². The van der Waals surface area contributed by atoms with Gasteiger partial charge in [-0.3, -0.25) is 28.1 Å². The Bertz CT molecular complexity index is 4940. The van der Waals surface area contributed by atoms with Crippen molar-refractivity contribution in [3.63, 3.8) is 0 Å². The zero-order valence-corrected chi connectivity index (χ0v) is 62.4. The summed E-state index contributed by atoms with van der Waals surface area (Å²) in [6, 6.07) is 27.4. The van der Waals surface area contributed by atoms with Gasteiger partial charge in [-0.25, -0.2) is 24.3 Å². The molecule has 0 aliphatic carbocycles. The summed E-state index contributed by atoms with van der Waals surface area (Å²) in [4.78, 5) is 65.6. The fourth-order valence-electron chi connectivity index (χ4n) is 17.9. The lowest BCUT2D eigenvalue weighted by atomic mass is 9.76. The average Bonchev–Trinajstić information content (AvgIpc) is 1.72. The first-order chi connectivity index (χ1) is 52.7. The van der Waals surface area contributed by atoms with Crippen molar-refractivity contribution in [3.8, 4) is 33.5 Å². The van der Waals surface area contributed by atoms with E-state index in [2.05, 4.69) is 117 Å². The van der Waals surface area contributed by atoms with Gasteiger partial charge in [0.1, 0.15) is 28.9 Å². The van der Waals surface area contributed by atoms with E-state index in [0.29, 0.717) is 90.3 Å². The highest BCUT2D eigenvalue weighted by Gasteiger charge is 2.47. The Morgan fingerprint density at radius 2 is 0.972 bits per heavy atom. The number of pyridine rings is 4. The minimum Gasteiger partial charge on any atom is -0.388 e. The summed E-state index contributed by atoms with van der Waals surface area (Å²) in [5.74, 6) is 1.65. The van der Waals surface area contributed by atoms with Crippen LogP contribution in [0.5, 0.6) is 0 Å². The zero-order chi connectivity index (χ0) is 75.0. The second kappa shape index (κ2) is 28.6. The minimum absolute atomic E-state index is 0.0635. The maximum atomic E-state index is 13.7. The number of likely N-dealkylation sites (tertiary alicyclic amines) is 1. The van der Waals surface area contributed by atoms with Crippen molar-refractivity contribution in [3.05, 3.63) is 179 Å². The fourth-order valence-corrected chi connectivity index (χ4v) is 17.9. The summed E-state index contributed by atoms with van der Waals surface area (Å²) in [5, 5.41) is 60.2. The molecule has 25 nitrogen and oxygen atoms in total. The van der Waals surface area contributed by atoms with Crippen LogP contribution in [0, 0.1) is 11.7 Å². The third-order valence-corrected chi connectivity index (χ3v) is 23.8. The lowest BCUT2D eigenvalue weighted by molar-refractivity contribution is -0.128. The number of β-amino-alcohol motifs (C(OH)–C–C–N with tert-alkyl or cyclic N) is 3. The Balaban J connectivity index is 0.000000120. The smallest absolute Gasteiger partial charge is 0.254 e. The predicted molar refractivity (Wildman–Crippen MR) is 419 cm³/mol. The van der Waals surface area contributed by atoms with Crippen molar-refractivity contribution in [2.75, 3.05) is 77.0 Å². The number of aryl methyl sites for hydroxylation is 2. The van der Waals surface area contributed by atoms with Crippen LogP contribution in [0.3, 0.4) is 0 Å². The predicted octanol–water partition coefficient (Wildman–Crippen LogP) is 11.4. The number of nitrogens with one attached hydrogen (secondary N) is 6. The van der Waals surface area contributed by atoms with Crippen LogP contribution in [0.15, 0.2) is 128 Å². The molecule has 564 valence electrons. The van der Waals surface area contributed by atoms with Gasteiger partial charge in [0.25, 0.3) is 17.7 Å². The van der Waals surface area contributed by atoms with Gasteiger partial charge in [-0.15, -0.1) is 0 Å². The molecule has 19 rings (SSSR count). The second-order valence-electron chi connectivity index (χ2n) is 31.8. The number of likely N-dealkylation sites (N-methyl/N-ethyl adjacent to an activating group) is 1. The molecule has 5 atom stereocenters. The molecule has 9 N–H and O–H groups in total. The van der Waals surface area contributed by atoms with Crippen molar-refractivity contribution < 1.29 is 34.1 Å². The Hall–Kier alpha value is -10.8. The lowest BCUT2D eigenvalue weighted by Gasteiger charge is -2.52. The maximum Gasteiger partial charge on any atom is 0.254 e. The molecule has 0 bridgehead atoms. The summed E-state index contributed by atoms with van der Waals surface area (Å²) in [5.41, 5.74) is 17.3. The molecular formula is C83H94FN19O6. The number of amides is 3. The van der Waals surface area contributed by atoms with E-state index in [1.54, 1.807) is 12.4 Å². The van der Waals surface area contributed by atoms with Gasteiger partial charge in [0.2, 0.25) is 0 Å². The Morgan fingerprint density at radius 3 is 1.44 bits per heavy atom. The Labute approximate surface area is 632 Å². The molecule has 0 spiro atoms. The number of imidazole rings is 1. The normalized spacial score (nSPS) is 22.5. The summed E-state index contributed by atoms with van der Waals surface area (Å²) < 4.78 is 19.7. The third-order valence-electron chi connectivity index (χ3n) is 23.8. The van der Waals surface area contributed by atoms with Crippen LogP contribution >= 0.6 is 0 Å². The SMILES string of the molecule is CN1CC(O)(C2CCCN(c3ccc(Nc4ccc(-c5cnc6cc(F)ccn56)c5c4C(=O)NC5)nc3)C2)C1.C[C@@H]1CC[C@@](C)(O)CN1c1ccc(Nc2ccc(-c3cnn4c3CCCC4)c3c2C(=O)NC3)nc1.C[C@@H]1CC[C@](C)(O)CN1c1ccc(Nc2ccc(-c3cnn4c3CCCC4)c3c2C(=O)NC3)nc1. The molecule has 16 heterocycles. The van der Waals surface area contributed by atoms with Gasteiger partial charge in [0.15, 0.2) is 0 Å². The van der Waals surface area contributed by atoms with Crippen LogP contribution in [0.4, 0.5) is 56.0 Å². The zero-order valence-electron chi connectivity index (χ0n) is 62.4. The van der Waals surface area contributed by atoms with Crippen molar-refractivity contribution in [1.82, 2.24) is 64.7 Å². The number of aliphatic hydroxyl groups is 3. The van der Waals surface area contributed by atoms with E-state index < -0.39 is 16.8 Å². The van der Waals surface area contributed by atoms with Crippen LogP contribution in [0.25, 0.3) is 39.2 Å². The fraction of sp³-hybridized carbons (Fsp3) is 0.410. The number of fused-ring (bicyclic) bond motifs is 6. The van der Waals surface area contributed by atoms with Crippen molar-refractivity contribution in [2.24, 2.45) is 5.92 Å². The molecule has 0 saturated carbocycles. The lowest BCUT2D eigenvalue weighted by Crippen LogP contribution is -2.66. The molecule has 0 radical (unpaired) electrons. The van der Waals surface area contributed by atoms with E-state index in [1.165, 1.54) is 36.4 Å². The third kappa shape index (κ3) is 14.0. The number of carbonyl (C=O) groups is 3. The molecule has 9 aliphatic rings. The Morgan fingerprint density at radius 1 is 0.505 bits per heavy atom. The molecule has 1 unspecified atom stereocenters. The van der Waals surface area contributed by atoms with E-state index in [9.17, 15) is 34.1 Å². The number of piperidine rings is 3. The number of halogens is 1. The molecule has 4 saturated heterocycles. The second-order valence-corrected chi connectivity index (χ2v) is 31.8. The van der Waals surface area contributed by atoms with Gasteiger partial charge in [-0.05, 0) is 200 Å². The first kappa shape index (κ1) is 71.1. The van der Waals surface area contributed by atoms with E-state index in [4.69, 9.17) is 0 Å². The highest BCUT2D eigenvalue weighted by atomic mass is 19.1. The Kier molecular flexibility index (Phi) is 18.7. The monoisotopic (exact) mass is 1470 g/mol. The van der Waals surface area contributed by atoms with Crippen molar-refractivity contribution in [1.29, 1.82) is 0 Å². The van der Waals surface area contributed by atoms with Crippen LogP contribution < -0.4 is 46.6 Å². The summed E-state index contributed by atoms with van der Waals surface area (Å²) in [6.07, 6.45) is 25.1. The van der Waals surface area contributed by atoms with E-state index in [0.717, 1.165) is 182 Å².